The molecule has 4 heteroatoms. The second-order valence-corrected chi connectivity index (χ2v) is 6.20. The zero-order valence-corrected chi connectivity index (χ0v) is 8.68. The minimum absolute atomic E-state index is 0.0556. The Labute approximate surface area is 73.3 Å². The molecule has 8 heavy (non-hydrogen) atoms. The normalized spacial score (nSPS) is 24.6. The summed E-state index contributed by atoms with van der Waals surface area (Å²) in [6.45, 7) is 0.883. The second kappa shape index (κ2) is 2.31. The van der Waals surface area contributed by atoms with E-state index in [9.17, 15) is 0 Å². The van der Waals surface area contributed by atoms with Gasteiger partial charge >= 0.3 is 0 Å². The summed E-state index contributed by atoms with van der Waals surface area (Å²) < 4.78 is 1.05. The first-order valence-corrected chi connectivity index (χ1v) is 4.48. The summed E-state index contributed by atoms with van der Waals surface area (Å²) in [5, 5.41) is 3.06. The van der Waals surface area contributed by atoms with E-state index in [2.05, 4.69) is 53.1 Å². The molecule has 0 aromatic heterocycles. The third-order valence-electron chi connectivity index (χ3n) is 0.902. The van der Waals surface area contributed by atoms with Gasteiger partial charge in [0.1, 0.15) is 3.23 Å². The molecule has 1 heterocycles. The van der Waals surface area contributed by atoms with E-state index in [1.807, 2.05) is 6.20 Å². The molecule has 46 valence electrons. The van der Waals surface area contributed by atoms with Crippen LogP contribution in [0.25, 0.3) is 0 Å². The van der Waals surface area contributed by atoms with E-state index in [4.69, 9.17) is 0 Å². The molecule has 1 rings (SSSR count). The van der Waals surface area contributed by atoms with Crippen molar-refractivity contribution in [3.63, 3.8) is 0 Å². The highest BCUT2D eigenvalue weighted by molar-refractivity contribution is 9.26. The van der Waals surface area contributed by atoms with Gasteiger partial charge in [-0.05, 0) is 0 Å². The molecule has 0 saturated carbocycles. The van der Waals surface area contributed by atoms with Crippen LogP contribution in [0.15, 0.2) is 10.7 Å². The standard InChI is InChI=1S/C4H4Br3N/c5-3-1-8-2-4(3,6)7/h1,8H,2H2. The van der Waals surface area contributed by atoms with Crippen LogP contribution < -0.4 is 5.32 Å². The summed E-state index contributed by atoms with van der Waals surface area (Å²) in [6.07, 6.45) is 1.92. The third kappa shape index (κ3) is 1.28. The monoisotopic (exact) mass is 303 g/mol. The van der Waals surface area contributed by atoms with Gasteiger partial charge < -0.3 is 5.32 Å². The van der Waals surface area contributed by atoms with Crippen LogP contribution in [0.4, 0.5) is 0 Å². The summed E-state index contributed by atoms with van der Waals surface area (Å²) in [5.74, 6) is 0. The molecular formula is C4H4Br3N. The van der Waals surface area contributed by atoms with Crippen LogP contribution in [-0.4, -0.2) is 9.78 Å². The molecule has 1 nitrogen and oxygen atoms in total. The molecule has 1 aliphatic heterocycles. The van der Waals surface area contributed by atoms with Gasteiger partial charge in [-0.3, -0.25) is 0 Å². The van der Waals surface area contributed by atoms with Crippen LogP contribution in [0.3, 0.4) is 0 Å². The molecule has 1 N–H and O–H groups in total. The van der Waals surface area contributed by atoms with Crippen LogP contribution >= 0.6 is 47.8 Å². The lowest BCUT2D eigenvalue weighted by molar-refractivity contribution is 0.911. The molecular weight excluding hydrogens is 302 g/mol. The van der Waals surface area contributed by atoms with Crippen molar-refractivity contribution < 1.29 is 0 Å². The molecule has 0 saturated heterocycles. The smallest absolute Gasteiger partial charge is 0.130 e. The first kappa shape index (κ1) is 7.09. The topological polar surface area (TPSA) is 12.0 Å². The van der Waals surface area contributed by atoms with Gasteiger partial charge in [0.05, 0.1) is 0 Å². The lowest BCUT2D eigenvalue weighted by Crippen LogP contribution is -2.17. The Morgan fingerprint density at radius 1 is 1.62 bits per heavy atom. The number of rotatable bonds is 0. The zero-order valence-electron chi connectivity index (χ0n) is 3.92. The van der Waals surface area contributed by atoms with E-state index in [0.717, 1.165) is 11.0 Å². The van der Waals surface area contributed by atoms with Crippen LogP contribution in [0, 0.1) is 0 Å². The van der Waals surface area contributed by atoms with Crippen molar-refractivity contribution in [3.8, 4) is 0 Å². The van der Waals surface area contributed by atoms with Crippen molar-refractivity contribution in [2.24, 2.45) is 0 Å². The fourth-order valence-electron chi connectivity index (χ4n) is 0.459. The Balaban J connectivity index is 2.73. The predicted molar refractivity (Wildman–Crippen MR) is 45.6 cm³/mol. The third-order valence-corrected chi connectivity index (χ3v) is 4.29. The molecule has 1 aliphatic rings. The van der Waals surface area contributed by atoms with Gasteiger partial charge in [0.25, 0.3) is 0 Å². The lowest BCUT2D eigenvalue weighted by Gasteiger charge is -2.10. The molecule has 0 radical (unpaired) electrons. The predicted octanol–water partition coefficient (Wildman–Crippen LogP) is 2.31. The van der Waals surface area contributed by atoms with Gasteiger partial charge in [0.15, 0.2) is 0 Å². The van der Waals surface area contributed by atoms with Gasteiger partial charge in [0, 0.05) is 17.2 Å². The van der Waals surface area contributed by atoms with E-state index >= 15 is 0 Å². The first-order valence-electron chi connectivity index (χ1n) is 2.10. The maximum Gasteiger partial charge on any atom is 0.130 e. The van der Waals surface area contributed by atoms with E-state index in [1.54, 1.807) is 0 Å². The Bertz CT molecular complexity index is 129. The average molecular weight is 306 g/mol. The number of hydrogen-bond acceptors (Lipinski definition) is 1. The van der Waals surface area contributed by atoms with Crippen LogP contribution in [0.2, 0.25) is 0 Å². The summed E-state index contributed by atoms with van der Waals surface area (Å²) in [4.78, 5) is 0. The fraction of sp³-hybridized carbons (Fsp3) is 0.500. The highest BCUT2D eigenvalue weighted by Crippen LogP contribution is 2.39. The van der Waals surface area contributed by atoms with Crippen molar-refractivity contribution in [2.45, 2.75) is 3.23 Å². The molecule has 0 fully saturated rings. The summed E-state index contributed by atoms with van der Waals surface area (Å²) in [7, 11) is 0. The minimum atomic E-state index is -0.0556. The Hall–Kier alpha value is 0.980. The zero-order chi connectivity index (χ0) is 6.20. The van der Waals surface area contributed by atoms with E-state index in [-0.39, 0.29) is 3.23 Å². The molecule has 0 aliphatic carbocycles. The number of halogens is 3. The highest BCUT2D eigenvalue weighted by atomic mass is 79.9. The van der Waals surface area contributed by atoms with Crippen LogP contribution in [0.1, 0.15) is 0 Å². The quantitative estimate of drug-likeness (QED) is 0.677. The highest BCUT2D eigenvalue weighted by Gasteiger charge is 2.29. The largest absolute Gasteiger partial charge is 0.388 e. The van der Waals surface area contributed by atoms with E-state index < -0.39 is 0 Å². The van der Waals surface area contributed by atoms with Gasteiger partial charge in [-0.1, -0.05) is 47.8 Å². The van der Waals surface area contributed by atoms with Crippen LogP contribution in [-0.2, 0) is 0 Å². The summed E-state index contributed by atoms with van der Waals surface area (Å²) in [5.41, 5.74) is 0. The van der Waals surface area contributed by atoms with Crippen molar-refractivity contribution in [1.29, 1.82) is 0 Å². The first-order chi connectivity index (χ1) is 3.63. The second-order valence-electron chi connectivity index (χ2n) is 1.58. The molecule has 0 aromatic rings. The lowest BCUT2D eigenvalue weighted by atomic mass is 10.5. The molecule has 0 unspecified atom stereocenters. The number of hydrogen-bond donors (Lipinski definition) is 1. The van der Waals surface area contributed by atoms with Crippen molar-refractivity contribution in [3.05, 3.63) is 10.7 Å². The summed E-state index contributed by atoms with van der Waals surface area (Å²) in [6, 6.07) is 0. The Morgan fingerprint density at radius 2 is 2.25 bits per heavy atom. The molecule has 0 bridgehead atoms. The fourth-order valence-corrected chi connectivity index (χ4v) is 1.31. The van der Waals surface area contributed by atoms with Gasteiger partial charge in [-0.2, -0.15) is 0 Å². The average Bonchev–Trinajstić information content (AvgIpc) is 1.86. The Kier molecular flexibility index (Phi) is 2.05. The van der Waals surface area contributed by atoms with Crippen LogP contribution in [0.5, 0.6) is 0 Å². The van der Waals surface area contributed by atoms with Crippen molar-refractivity contribution >= 4 is 47.8 Å². The molecule has 0 spiro atoms. The Morgan fingerprint density at radius 3 is 2.38 bits per heavy atom. The van der Waals surface area contributed by atoms with Gasteiger partial charge in [-0.15, -0.1) is 0 Å². The van der Waals surface area contributed by atoms with Gasteiger partial charge in [-0.25, -0.2) is 0 Å². The van der Waals surface area contributed by atoms with E-state index in [1.165, 1.54) is 0 Å². The van der Waals surface area contributed by atoms with Crippen molar-refractivity contribution in [1.82, 2.24) is 5.32 Å². The SMILES string of the molecule is BrC1=CNCC1(Br)Br. The number of alkyl halides is 2. The minimum Gasteiger partial charge on any atom is -0.388 e. The molecule has 0 atom stereocenters. The van der Waals surface area contributed by atoms with Crippen molar-refractivity contribution in [2.75, 3.05) is 6.54 Å². The molecule has 0 aromatic carbocycles. The maximum atomic E-state index is 3.45. The van der Waals surface area contributed by atoms with Gasteiger partial charge in [0.2, 0.25) is 0 Å². The summed E-state index contributed by atoms with van der Waals surface area (Å²) >= 11 is 10.3. The van der Waals surface area contributed by atoms with E-state index in [0.29, 0.717) is 0 Å². The maximum absolute atomic E-state index is 3.45. The number of nitrogens with one attached hydrogen (secondary N) is 1. The molecule has 0 amide bonds.